The quantitative estimate of drug-likeness (QED) is 0.856. The summed E-state index contributed by atoms with van der Waals surface area (Å²) in [6, 6.07) is 8.06. The van der Waals surface area contributed by atoms with Crippen LogP contribution >= 0.6 is 0 Å². The summed E-state index contributed by atoms with van der Waals surface area (Å²) < 4.78 is 0. The number of nitriles is 1. The van der Waals surface area contributed by atoms with Gasteiger partial charge < -0.3 is 10.4 Å². The summed E-state index contributed by atoms with van der Waals surface area (Å²) in [5, 5.41) is 22.0. The number of nitrogens with one attached hydrogen (secondary N) is 1. The monoisotopic (exact) mass is 244 g/mol. The normalized spacial score (nSPS) is 17.4. The van der Waals surface area contributed by atoms with Crippen molar-refractivity contribution < 1.29 is 5.11 Å². The summed E-state index contributed by atoms with van der Waals surface area (Å²) in [5.41, 5.74) is 2.66. The lowest BCUT2D eigenvalue weighted by molar-refractivity contribution is 0.142. The van der Waals surface area contributed by atoms with Crippen LogP contribution in [0.1, 0.15) is 36.8 Å². The molecule has 0 amide bonds. The average molecular weight is 244 g/mol. The molecule has 0 radical (unpaired) electrons. The van der Waals surface area contributed by atoms with Crippen LogP contribution in [0.15, 0.2) is 18.2 Å². The number of aliphatic hydroxyl groups is 1. The second-order valence-corrected chi connectivity index (χ2v) is 5.38. The highest BCUT2D eigenvalue weighted by Crippen LogP contribution is 2.37. The number of anilines is 1. The highest BCUT2D eigenvalue weighted by Gasteiger charge is 2.32. The van der Waals surface area contributed by atoms with Crippen molar-refractivity contribution in [1.82, 2.24) is 0 Å². The summed E-state index contributed by atoms with van der Waals surface area (Å²) >= 11 is 0. The predicted octanol–water partition coefficient (Wildman–Crippen LogP) is 2.83. The fourth-order valence-corrected chi connectivity index (χ4v) is 2.70. The number of hydrogen-bond donors (Lipinski definition) is 2. The van der Waals surface area contributed by atoms with Crippen LogP contribution in [-0.4, -0.2) is 18.3 Å². The molecule has 0 spiro atoms. The Morgan fingerprint density at radius 2 is 2.11 bits per heavy atom. The lowest BCUT2D eigenvalue weighted by Crippen LogP contribution is -2.30. The molecule has 18 heavy (non-hydrogen) atoms. The largest absolute Gasteiger partial charge is 0.396 e. The Hall–Kier alpha value is -1.53. The molecule has 1 saturated carbocycles. The van der Waals surface area contributed by atoms with E-state index in [9.17, 15) is 5.11 Å². The van der Waals surface area contributed by atoms with E-state index in [2.05, 4.69) is 11.4 Å². The van der Waals surface area contributed by atoms with Crippen LogP contribution in [0.4, 0.5) is 5.69 Å². The van der Waals surface area contributed by atoms with Gasteiger partial charge in [0.15, 0.2) is 0 Å². The van der Waals surface area contributed by atoms with Gasteiger partial charge in [-0.15, -0.1) is 0 Å². The van der Waals surface area contributed by atoms with Crippen molar-refractivity contribution in [1.29, 1.82) is 5.26 Å². The minimum Gasteiger partial charge on any atom is -0.396 e. The first-order chi connectivity index (χ1) is 8.69. The van der Waals surface area contributed by atoms with Crippen LogP contribution in [0.5, 0.6) is 0 Å². The van der Waals surface area contributed by atoms with E-state index >= 15 is 0 Å². The van der Waals surface area contributed by atoms with Gasteiger partial charge in [-0.25, -0.2) is 0 Å². The van der Waals surface area contributed by atoms with Crippen LogP contribution < -0.4 is 5.32 Å². The standard InChI is InChI=1S/C15H20N2O/c1-12-4-5-14(13(8-12)9-16)17-10-15(11-18)6-2-3-7-15/h4-5,8,17-18H,2-3,6-7,10-11H2,1H3. The van der Waals surface area contributed by atoms with Gasteiger partial charge >= 0.3 is 0 Å². The van der Waals surface area contributed by atoms with Crippen molar-refractivity contribution in [3.8, 4) is 6.07 Å². The molecule has 2 rings (SSSR count). The lowest BCUT2D eigenvalue weighted by Gasteiger charge is -2.27. The third-order valence-electron chi connectivity index (χ3n) is 3.95. The zero-order chi connectivity index (χ0) is 13.0. The summed E-state index contributed by atoms with van der Waals surface area (Å²) in [7, 11) is 0. The van der Waals surface area contributed by atoms with Gasteiger partial charge in [0.05, 0.1) is 17.9 Å². The van der Waals surface area contributed by atoms with Crippen molar-refractivity contribution >= 4 is 5.69 Å². The van der Waals surface area contributed by atoms with E-state index in [1.807, 2.05) is 25.1 Å². The molecule has 1 aliphatic rings. The Kier molecular flexibility index (Phi) is 3.88. The molecule has 96 valence electrons. The van der Waals surface area contributed by atoms with E-state index < -0.39 is 0 Å². The summed E-state index contributed by atoms with van der Waals surface area (Å²) in [4.78, 5) is 0. The summed E-state index contributed by atoms with van der Waals surface area (Å²) in [6.07, 6.45) is 4.54. The van der Waals surface area contributed by atoms with Crippen molar-refractivity contribution in [3.05, 3.63) is 29.3 Å². The van der Waals surface area contributed by atoms with Gasteiger partial charge in [0.2, 0.25) is 0 Å². The van der Waals surface area contributed by atoms with E-state index in [1.54, 1.807) is 0 Å². The Balaban J connectivity index is 2.08. The number of aryl methyl sites for hydroxylation is 1. The van der Waals surface area contributed by atoms with Gasteiger partial charge in [0.25, 0.3) is 0 Å². The Bertz CT molecular complexity index is 456. The van der Waals surface area contributed by atoms with Crippen LogP contribution in [-0.2, 0) is 0 Å². The first kappa shape index (κ1) is 12.9. The molecule has 0 unspecified atom stereocenters. The number of benzene rings is 1. The minimum absolute atomic E-state index is 0.0115. The van der Waals surface area contributed by atoms with E-state index in [0.717, 1.165) is 30.6 Å². The van der Waals surface area contributed by atoms with E-state index in [4.69, 9.17) is 5.26 Å². The van der Waals surface area contributed by atoms with Crippen LogP contribution in [0.25, 0.3) is 0 Å². The van der Waals surface area contributed by atoms with Crippen LogP contribution in [0, 0.1) is 23.7 Å². The molecular weight excluding hydrogens is 224 g/mol. The van der Waals surface area contributed by atoms with Gasteiger partial charge in [0, 0.05) is 12.0 Å². The SMILES string of the molecule is Cc1ccc(NCC2(CO)CCCC2)c(C#N)c1. The second kappa shape index (κ2) is 5.41. The third-order valence-corrected chi connectivity index (χ3v) is 3.95. The van der Waals surface area contributed by atoms with E-state index in [0.29, 0.717) is 5.56 Å². The molecule has 0 aliphatic heterocycles. The molecule has 0 atom stereocenters. The maximum atomic E-state index is 9.56. The number of nitrogens with zero attached hydrogens (tertiary/aromatic N) is 1. The molecule has 1 aromatic rings. The van der Waals surface area contributed by atoms with Gasteiger partial charge in [-0.05, 0) is 37.5 Å². The number of hydrogen-bond acceptors (Lipinski definition) is 3. The second-order valence-electron chi connectivity index (χ2n) is 5.38. The highest BCUT2D eigenvalue weighted by molar-refractivity contribution is 5.58. The number of aliphatic hydroxyl groups excluding tert-OH is 1. The Labute approximate surface area is 108 Å². The molecule has 1 aromatic carbocycles. The molecule has 2 N–H and O–H groups in total. The summed E-state index contributed by atoms with van der Waals surface area (Å²) in [6.45, 7) is 2.96. The predicted molar refractivity (Wildman–Crippen MR) is 72.4 cm³/mol. The van der Waals surface area contributed by atoms with Gasteiger partial charge in [-0.2, -0.15) is 5.26 Å². The topological polar surface area (TPSA) is 56.0 Å². The van der Waals surface area contributed by atoms with Crippen LogP contribution in [0.2, 0.25) is 0 Å². The molecule has 3 heteroatoms. The van der Waals surface area contributed by atoms with Gasteiger partial charge in [-0.1, -0.05) is 18.9 Å². The van der Waals surface area contributed by atoms with E-state index in [1.165, 1.54) is 12.8 Å². The molecular formula is C15H20N2O. The van der Waals surface area contributed by atoms with Gasteiger partial charge in [-0.3, -0.25) is 0 Å². The first-order valence-electron chi connectivity index (χ1n) is 6.55. The lowest BCUT2D eigenvalue weighted by atomic mass is 9.87. The smallest absolute Gasteiger partial charge is 0.101 e. The average Bonchev–Trinajstić information content (AvgIpc) is 2.86. The van der Waals surface area contributed by atoms with Crippen molar-refractivity contribution in [3.63, 3.8) is 0 Å². The third kappa shape index (κ3) is 2.65. The van der Waals surface area contributed by atoms with Crippen molar-refractivity contribution in [2.75, 3.05) is 18.5 Å². The molecule has 1 fully saturated rings. The fourth-order valence-electron chi connectivity index (χ4n) is 2.70. The molecule has 0 aromatic heterocycles. The van der Waals surface area contributed by atoms with E-state index in [-0.39, 0.29) is 12.0 Å². The summed E-state index contributed by atoms with van der Waals surface area (Å²) in [5.74, 6) is 0. The van der Waals surface area contributed by atoms with Gasteiger partial charge in [0.1, 0.15) is 6.07 Å². The number of rotatable bonds is 4. The van der Waals surface area contributed by atoms with Crippen molar-refractivity contribution in [2.45, 2.75) is 32.6 Å². The Morgan fingerprint density at radius 1 is 1.39 bits per heavy atom. The first-order valence-corrected chi connectivity index (χ1v) is 6.55. The molecule has 0 bridgehead atoms. The minimum atomic E-state index is 0.0115. The maximum absolute atomic E-state index is 9.56. The Morgan fingerprint density at radius 3 is 2.72 bits per heavy atom. The zero-order valence-corrected chi connectivity index (χ0v) is 10.9. The maximum Gasteiger partial charge on any atom is 0.101 e. The molecule has 1 aliphatic carbocycles. The highest BCUT2D eigenvalue weighted by atomic mass is 16.3. The molecule has 0 heterocycles. The molecule has 3 nitrogen and oxygen atoms in total. The zero-order valence-electron chi connectivity index (χ0n) is 10.9. The van der Waals surface area contributed by atoms with Crippen LogP contribution in [0.3, 0.4) is 0 Å². The fraction of sp³-hybridized carbons (Fsp3) is 0.533. The molecule has 0 saturated heterocycles. The van der Waals surface area contributed by atoms with Crippen molar-refractivity contribution in [2.24, 2.45) is 5.41 Å².